The van der Waals surface area contributed by atoms with Gasteiger partial charge in [-0.2, -0.15) is 10.2 Å². The molecule has 7 aliphatic rings. The second kappa shape index (κ2) is 12.6. The maximum Gasteiger partial charge on any atom is 0.268 e. The molecule has 4 amide bonds. The van der Waals surface area contributed by atoms with Gasteiger partial charge in [0.2, 0.25) is 11.8 Å². The predicted octanol–water partition coefficient (Wildman–Crippen LogP) is 3.96. The number of imide groups is 2. The molecule has 15 heteroatoms. The van der Waals surface area contributed by atoms with Gasteiger partial charge in [0, 0.05) is 31.0 Å². The predicted molar refractivity (Wildman–Crippen MR) is 187 cm³/mol. The number of aromatic nitrogens is 5. The average Bonchev–Trinajstić information content (AvgIpc) is 3.76. The first-order valence-corrected chi connectivity index (χ1v) is 17.4. The van der Waals surface area contributed by atoms with E-state index in [1.54, 1.807) is 43.0 Å². The number of carbonyl (C=O) groups excluding carboxylic acids is 4. The van der Waals surface area contributed by atoms with Crippen molar-refractivity contribution >= 4 is 29.3 Å². The molecule has 15 nitrogen and oxygen atoms in total. The van der Waals surface area contributed by atoms with Crippen LogP contribution >= 0.6 is 0 Å². The van der Waals surface area contributed by atoms with Gasteiger partial charge in [0.15, 0.2) is 5.75 Å². The Balaban J connectivity index is 1.02. The number of amides is 4. The lowest BCUT2D eigenvalue weighted by Gasteiger charge is -2.51. The van der Waals surface area contributed by atoms with Crippen LogP contribution in [0.4, 0.5) is 5.69 Å². The van der Waals surface area contributed by atoms with Crippen LogP contribution in [-0.2, 0) is 21.5 Å². The van der Waals surface area contributed by atoms with Crippen molar-refractivity contribution in [2.24, 2.45) is 0 Å². The number of piperidine rings is 1. The van der Waals surface area contributed by atoms with Crippen molar-refractivity contribution in [2.75, 3.05) is 5.43 Å². The molecule has 0 spiro atoms. The summed E-state index contributed by atoms with van der Waals surface area (Å²) in [4.78, 5) is 62.4. The van der Waals surface area contributed by atoms with E-state index in [0.717, 1.165) is 34.6 Å². The van der Waals surface area contributed by atoms with Crippen molar-refractivity contribution in [3.8, 4) is 23.2 Å². The molecule has 8 heterocycles. The topological polar surface area (TPSA) is 174 Å². The smallest absolute Gasteiger partial charge is 0.268 e. The molecule has 5 aromatic rings. The largest absolute Gasteiger partial charge is 0.490 e. The summed E-state index contributed by atoms with van der Waals surface area (Å²) in [6, 6.07) is 20.2. The van der Waals surface area contributed by atoms with Crippen LogP contribution < -0.4 is 20.2 Å². The Labute approximate surface area is 302 Å². The Hall–Kier alpha value is -6.48. The minimum absolute atomic E-state index is 0.0345. The Bertz CT molecular complexity index is 2240. The summed E-state index contributed by atoms with van der Waals surface area (Å²) in [6.45, 7) is 2.18. The number of hydrogen-bond donors (Lipinski definition) is 2. The van der Waals surface area contributed by atoms with Crippen molar-refractivity contribution in [1.29, 1.82) is 0 Å². The third kappa shape index (κ3) is 5.84. The van der Waals surface area contributed by atoms with Crippen molar-refractivity contribution in [3.05, 3.63) is 114 Å². The van der Waals surface area contributed by atoms with E-state index in [1.807, 2.05) is 36.4 Å². The van der Waals surface area contributed by atoms with Crippen molar-refractivity contribution in [2.45, 2.75) is 62.8 Å². The summed E-state index contributed by atoms with van der Waals surface area (Å²) >= 11 is 0. The summed E-state index contributed by atoms with van der Waals surface area (Å²) in [7, 11) is 0. The van der Waals surface area contributed by atoms with E-state index in [4.69, 9.17) is 9.47 Å². The van der Waals surface area contributed by atoms with Crippen LogP contribution in [0, 0.1) is 0 Å². The highest BCUT2D eigenvalue weighted by Gasteiger charge is 2.47. The minimum atomic E-state index is -1.04. The molecule has 2 N–H and O–H groups in total. The van der Waals surface area contributed by atoms with E-state index in [0.29, 0.717) is 29.6 Å². The van der Waals surface area contributed by atoms with E-state index < -0.39 is 35.2 Å². The fourth-order valence-corrected chi connectivity index (χ4v) is 7.55. The van der Waals surface area contributed by atoms with Gasteiger partial charge >= 0.3 is 0 Å². The van der Waals surface area contributed by atoms with Gasteiger partial charge in [0.25, 0.3) is 17.8 Å². The van der Waals surface area contributed by atoms with Crippen molar-refractivity contribution in [3.63, 3.8) is 0 Å². The summed E-state index contributed by atoms with van der Waals surface area (Å²) in [5, 5.41) is 12.6. The molecule has 1 saturated heterocycles. The number of ether oxygens (including phenoxy) is 2. The average molecular weight is 712 g/mol. The number of hydrazine groups is 1. The van der Waals surface area contributed by atoms with E-state index in [-0.39, 0.29) is 36.1 Å². The van der Waals surface area contributed by atoms with Gasteiger partial charge in [-0.1, -0.05) is 24.3 Å². The number of rotatable bonds is 7. The third-order valence-corrected chi connectivity index (χ3v) is 10.4. The van der Waals surface area contributed by atoms with E-state index in [2.05, 4.69) is 55.0 Å². The highest BCUT2D eigenvalue weighted by molar-refractivity contribution is 6.23. The third-order valence-electron chi connectivity index (χ3n) is 10.4. The molecule has 1 aliphatic carbocycles. The normalized spacial score (nSPS) is 23.8. The Kier molecular flexibility index (Phi) is 7.73. The molecule has 2 aromatic heterocycles. The van der Waals surface area contributed by atoms with Crippen LogP contribution in [-0.4, -0.2) is 76.7 Å². The van der Waals surface area contributed by atoms with Crippen molar-refractivity contribution < 1.29 is 28.7 Å². The second-order valence-corrected chi connectivity index (χ2v) is 13.8. The minimum Gasteiger partial charge on any atom is -0.490 e. The van der Waals surface area contributed by atoms with Crippen LogP contribution in [0.3, 0.4) is 0 Å². The summed E-state index contributed by atoms with van der Waals surface area (Å²) in [5.41, 5.74) is 6.16. The summed E-state index contributed by atoms with van der Waals surface area (Å²) < 4.78 is 12.4. The molecule has 266 valence electrons. The number of carbonyl (C=O) groups is 4. The van der Waals surface area contributed by atoms with Crippen LogP contribution in [0.25, 0.3) is 5.95 Å². The van der Waals surface area contributed by atoms with Gasteiger partial charge in [-0.05, 0) is 73.4 Å². The zero-order valence-electron chi connectivity index (χ0n) is 28.5. The standard InChI is InChI=1S/C38H33N9O6/c1-38(23-4-9-27(10-5-23)53-29-20-39-37(40-21-29)47-41-14-15-42-47)19-22-2-7-26(8-3-22)52-28-17-25(18-28)46(38)44-24-6-11-30-31(16-24)36(51)45(35(30)50)32-12-13-33(48)43-34(32)49/h2-11,14-16,20-21,25,28,32,44H,12-13,17-19H2,1H3,(H,43,48,49)/t25?,28?,32-,38-/m1/s1. The molecule has 6 aliphatic heterocycles. The maximum atomic E-state index is 13.7. The van der Waals surface area contributed by atoms with Gasteiger partial charge < -0.3 is 14.9 Å². The number of nitrogens with one attached hydrogen (secondary N) is 2. The van der Waals surface area contributed by atoms with Gasteiger partial charge in [-0.25, -0.2) is 15.0 Å². The first kappa shape index (κ1) is 32.4. The number of fused-ring (bicyclic) bond motifs is 1. The Morgan fingerprint density at radius 3 is 2.30 bits per heavy atom. The number of nitrogens with zero attached hydrogens (tertiary/aromatic N) is 7. The molecule has 53 heavy (non-hydrogen) atoms. The number of anilines is 1. The summed E-state index contributed by atoms with van der Waals surface area (Å²) in [6.07, 6.45) is 8.56. The first-order valence-electron chi connectivity index (χ1n) is 17.4. The molecule has 2 atom stereocenters. The molecule has 3 aromatic carbocycles. The lowest BCUT2D eigenvalue weighted by molar-refractivity contribution is -0.136. The quantitative estimate of drug-likeness (QED) is 0.233. The number of benzene rings is 3. The molecule has 12 rings (SSSR count). The molecular weight excluding hydrogens is 678 g/mol. The molecule has 0 radical (unpaired) electrons. The van der Waals surface area contributed by atoms with Gasteiger partial charge in [-0.15, -0.1) is 4.80 Å². The van der Waals surface area contributed by atoms with Crippen LogP contribution in [0.5, 0.6) is 17.2 Å². The van der Waals surface area contributed by atoms with Crippen LogP contribution in [0.2, 0.25) is 0 Å². The fourth-order valence-electron chi connectivity index (χ4n) is 7.55. The van der Waals surface area contributed by atoms with E-state index in [9.17, 15) is 19.2 Å². The molecule has 0 unspecified atom stereocenters. The zero-order chi connectivity index (χ0) is 36.3. The molecule has 2 fully saturated rings. The van der Waals surface area contributed by atoms with Gasteiger partial charge in [0.1, 0.15) is 23.6 Å². The zero-order valence-corrected chi connectivity index (χ0v) is 28.5. The SMILES string of the molecule is C[C@]1(c2ccc(Oc3cnc(-n4nccn4)nc3)cc2)Cc2ccc(cc2)OC2CC(C2)N1Nc1ccc2c(c1)C(=O)N([C@@H]1CCC(=O)NC1=O)C2=O. The molecule has 1 saturated carbocycles. The van der Waals surface area contributed by atoms with Crippen molar-refractivity contribution in [1.82, 2.24) is 40.2 Å². The molecule has 4 bridgehead atoms. The lowest BCUT2D eigenvalue weighted by atomic mass is 9.80. The van der Waals surface area contributed by atoms with Gasteiger partial charge in [0.05, 0.1) is 41.5 Å². The van der Waals surface area contributed by atoms with E-state index in [1.165, 1.54) is 4.80 Å². The highest BCUT2D eigenvalue weighted by Crippen LogP contribution is 2.43. The monoisotopic (exact) mass is 711 g/mol. The Morgan fingerprint density at radius 1 is 0.868 bits per heavy atom. The first-order chi connectivity index (χ1) is 25.7. The lowest BCUT2D eigenvalue weighted by Crippen LogP contribution is -2.59. The highest BCUT2D eigenvalue weighted by atomic mass is 16.5. The van der Waals surface area contributed by atoms with Gasteiger partial charge in [-0.3, -0.25) is 29.4 Å². The molecular formula is C38H33N9O6. The second-order valence-electron chi connectivity index (χ2n) is 13.8. The van der Waals surface area contributed by atoms with Crippen LogP contribution in [0.15, 0.2) is 91.5 Å². The maximum absolute atomic E-state index is 13.7. The van der Waals surface area contributed by atoms with E-state index >= 15 is 0 Å². The Morgan fingerprint density at radius 2 is 1.58 bits per heavy atom. The summed E-state index contributed by atoms with van der Waals surface area (Å²) in [5.74, 6) is 0.0506. The number of hydrogen-bond acceptors (Lipinski definition) is 12. The fraction of sp³-hybridized carbons (Fsp3) is 0.263. The van der Waals surface area contributed by atoms with Crippen LogP contribution in [0.1, 0.15) is 64.4 Å².